The van der Waals surface area contributed by atoms with Crippen molar-refractivity contribution in [3.05, 3.63) is 94.3 Å². The fourth-order valence-corrected chi connectivity index (χ4v) is 4.40. The fourth-order valence-electron chi connectivity index (χ4n) is 4.40. The van der Waals surface area contributed by atoms with Crippen LogP contribution < -0.4 is 5.32 Å². The fraction of sp³-hybridized carbons (Fsp3) is 0.276. The van der Waals surface area contributed by atoms with E-state index >= 15 is 0 Å². The van der Waals surface area contributed by atoms with E-state index in [2.05, 4.69) is 16.4 Å². The van der Waals surface area contributed by atoms with E-state index in [0.29, 0.717) is 35.8 Å². The summed E-state index contributed by atoms with van der Waals surface area (Å²) in [5.74, 6) is -0.714. The van der Waals surface area contributed by atoms with Gasteiger partial charge in [0, 0.05) is 36.7 Å². The number of hydrogen-bond acceptors (Lipinski definition) is 6. The second-order valence-electron chi connectivity index (χ2n) is 8.97. The van der Waals surface area contributed by atoms with Crippen LogP contribution >= 0.6 is 0 Å². The maximum absolute atomic E-state index is 13.2. The molecule has 0 atom stereocenters. The molecule has 37 heavy (non-hydrogen) atoms. The van der Waals surface area contributed by atoms with Gasteiger partial charge in [-0.25, -0.2) is 4.79 Å². The molecular weight excluding hydrogens is 468 g/mol. The molecule has 8 nitrogen and oxygen atoms in total. The number of ether oxygens (including phenoxy) is 1. The van der Waals surface area contributed by atoms with Gasteiger partial charge in [0.25, 0.3) is 11.8 Å². The summed E-state index contributed by atoms with van der Waals surface area (Å²) in [6.45, 7) is 5.04. The Morgan fingerprint density at radius 1 is 1.03 bits per heavy atom. The third kappa shape index (κ3) is 6.01. The molecule has 3 aromatic rings. The van der Waals surface area contributed by atoms with Gasteiger partial charge < -0.3 is 15.0 Å². The lowest BCUT2D eigenvalue weighted by Gasteiger charge is -2.32. The zero-order valence-electron chi connectivity index (χ0n) is 20.9. The molecule has 0 bridgehead atoms. The maximum atomic E-state index is 13.2. The van der Waals surface area contributed by atoms with Crippen LogP contribution in [0.25, 0.3) is 0 Å². The second-order valence-corrected chi connectivity index (χ2v) is 8.97. The first-order chi connectivity index (χ1) is 17.9. The van der Waals surface area contributed by atoms with Gasteiger partial charge in [-0.2, -0.15) is 5.26 Å². The summed E-state index contributed by atoms with van der Waals surface area (Å²) in [4.78, 5) is 43.9. The molecule has 1 N–H and O–H groups in total. The number of hydrogen-bond donors (Lipinski definition) is 1. The molecule has 1 aliphatic heterocycles. The molecule has 0 unspecified atom stereocenters. The highest BCUT2D eigenvalue weighted by molar-refractivity contribution is 6.06. The average molecular weight is 497 g/mol. The highest BCUT2D eigenvalue weighted by Crippen LogP contribution is 2.29. The van der Waals surface area contributed by atoms with Crippen molar-refractivity contribution in [2.75, 3.05) is 25.0 Å². The van der Waals surface area contributed by atoms with E-state index in [0.717, 1.165) is 18.4 Å². The van der Waals surface area contributed by atoms with Gasteiger partial charge in [-0.15, -0.1) is 0 Å². The average Bonchev–Trinajstić information content (AvgIpc) is 2.94. The first-order valence-electron chi connectivity index (χ1n) is 12.2. The van der Waals surface area contributed by atoms with Gasteiger partial charge >= 0.3 is 5.97 Å². The van der Waals surface area contributed by atoms with Gasteiger partial charge in [0.1, 0.15) is 0 Å². The summed E-state index contributed by atoms with van der Waals surface area (Å²) in [7, 11) is 0. The number of aryl methyl sites for hydroxylation is 1. The summed E-state index contributed by atoms with van der Waals surface area (Å²) in [6.07, 6.45) is 4.41. The molecule has 0 saturated carbocycles. The summed E-state index contributed by atoms with van der Waals surface area (Å²) < 4.78 is 4.98. The van der Waals surface area contributed by atoms with Crippen molar-refractivity contribution in [3.8, 4) is 6.07 Å². The van der Waals surface area contributed by atoms with Crippen LogP contribution in [0.2, 0.25) is 0 Å². The number of piperidine rings is 1. The zero-order valence-corrected chi connectivity index (χ0v) is 20.9. The quantitative estimate of drug-likeness (QED) is 0.495. The van der Waals surface area contributed by atoms with Crippen LogP contribution in [-0.2, 0) is 4.74 Å². The van der Waals surface area contributed by atoms with Crippen molar-refractivity contribution in [2.45, 2.75) is 32.6 Å². The number of benzene rings is 2. The minimum absolute atomic E-state index is 0.0836. The number of anilines is 1. The Labute approximate surface area is 215 Å². The van der Waals surface area contributed by atoms with Crippen molar-refractivity contribution in [1.82, 2.24) is 9.88 Å². The van der Waals surface area contributed by atoms with E-state index in [-0.39, 0.29) is 23.6 Å². The van der Waals surface area contributed by atoms with Crippen LogP contribution in [0.5, 0.6) is 0 Å². The number of nitrogens with one attached hydrogen (secondary N) is 1. The van der Waals surface area contributed by atoms with Gasteiger partial charge in [0.05, 0.1) is 29.4 Å². The Hall–Kier alpha value is -4.51. The molecule has 1 aromatic heterocycles. The van der Waals surface area contributed by atoms with E-state index < -0.39 is 11.9 Å². The topological polar surface area (TPSA) is 112 Å². The Morgan fingerprint density at radius 3 is 2.41 bits per heavy atom. The minimum Gasteiger partial charge on any atom is -0.462 e. The number of aromatic nitrogens is 1. The van der Waals surface area contributed by atoms with E-state index in [9.17, 15) is 14.4 Å². The number of esters is 1. The second kappa shape index (κ2) is 11.5. The zero-order chi connectivity index (χ0) is 26.4. The normalized spacial score (nSPS) is 13.5. The molecule has 4 rings (SSSR count). The Morgan fingerprint density at radius 2 is 1.73 bits per heavy atom. The van der Waals surface area contributed by atoms with E-state index in [1.54, 1.807) is 25.1 Å². The van der Waals surface area contributed by atoms with Gasteiger partial charge in [-0.05, 0) is 74.1 Å². The third-order valence-electron chi connectivity index (χ3n) is 6.54. The van der Waals surface area contributed by atoms with Gasteiger partial charge in [-0.3, -0.25) is 14.6 Å². The number of nitriles is 1. The van der Waals surface area contributed by atoms with E-state index in [1.807, 2.05) is 36.1 Å². The molecule has 2 aromatic carbocycles. The number of carbonyl (C=O) groups excluding carboxylic acids is 3. The van der Waals surface area contributed by atoms with Crippen molar-refractivity contribution in [3.63, 3.8) is 0 Å². The Balaban J connectivity index is 1.42. The summed E-state index contributed by atoms with van der Waals surface area (Å²) in [6, 6.07) is 16.5. The Bertz CT molecular complexity index is 1350. The van der Waals surface area contributed by atoms with Crippen LogP contribution in [0, 0.1) is 18.3 Å². The third-order valence-corrected chi connectivity index (χ3v) is 6.54. The molecule has 1 fully saturated rings. The van der Waals surface area contributed by atoms with Gasteiger partial charge in [0.2, 0.25) is 0 Å². The number of rotatable bonds is 6. The molecule has 0 radical (unpaired) electrons. The molecular formula is C29H28N4O4. The molecule has 1 aliphatic rings. The van der Waals surface area contributed by atoms with Crippen molar-refractivity contribution in [2.24, 2.45) is 0 Å². The predicted octanol–water partition coefficient (Wildman–Crippen LogP) is 4.71. The van der Waals surface area contributed by atoms with Crippen LogP contribution in [0.15, 0.2) is 60.9 Å². The first kappa shape index (κ1) is 25.6. The van der Waals surface area contributed by atoms with Crippen molar-refractivity contribution >= 4 is 23.5 Å². The van der Waals surface area contributed by atoms with Gasteiger partial charge in [0.15, 0.2) is 0 Å². The molecule has 1 saturated heterocycles. The van der Waals surface area contributed by atoms with Crippen molar-refractivity contribution in [1.29, 1.82) is 5.26 Å². The number of likely N-dealkylation sites (tertiary alicyclic amines) is 1. The maximum Gasteiger partial charge on any atom is 0.339 e. The summed E-state index contributed by atoms with van der Waals surface area (Å²) in [5, 5.41) is 11.8. The molecule has 2 amide bonds. The SMILES string of the molecule is CCOC(=O)c1cncc(C(=O)Nc2cc(C(=O)N3CCC(c4ccc(C#N)cc4)CC3)ccc2C)c1. The smallest absolute Gasteiger partial charge is 0.339 e. The largest absolute Gasteiger partial charge is 0.462 e. The monoisotopic (exact) mass is 496 g/mol. The van der Waals surface area contributed by atoms with E-state index in [4.69, 9.17) is 10.00 Å². The van der Waals surface area contributed by atoms with E-state index in [1.165, 1.54) is 24.0 Å². The number of amides is 2. The lowest BCUT2D eigenvalue weighted by Crippen LogP contribution is -2.38. The molecule has 8 heteroatoms. The van der Waals surface area contributed by atoms with Crippen LogP contribution in [0.3, 0.4) is 0 Å². The predicted molar refractivity (Wildman–Crippen MR) is 138 cm³/mol. The van der Waals surface area contributed by atoms with Crippen LogP contribution in [0.1, 0.15) is 73.4 Å². The Kier molecular flexibility index (Phi) is 7.94. The summed E-state index contributed by atoms with van der Waals surface area (Å²) in [5.41, 5.74) is 4.06. The highest BCUT2D eigenvalue weighted by Gasteiger charge is 2.25. The molecule has 188 valence electrons. The lowest BCUT2D eigenvalue weighted by atomic mass is 9.89. The lowest BCUT2D eigenvalue weighted by molar-refractivity contribution is 0.0525. The van der Waals surface area contributed by atoms with Gasteiger partial charge in [-0.1, -0.05) is 18.2 Å². The number of carbonyl (C=O) groups is 3. The molecule has 2 heterocycles. The molecule has 0 aliphatic carbocycles. The summed E-state index contributed by atoms with van der Waals surface area (Å²) >= 11 is 0. The number of pyridine rings is 1. The number of nitrogens with zero attached hydrogens (tertiary/aromatic N) is 3. The van der Waals surface area contributed by atoms with Crippen LogP contribution in [-0.4, -0.2) is 47.4 Å². The minimum atomic E-state index is -0.545. The first-order valence-corrected chi connectivity index (χ1v) is 12.2. The highest BCUT2D eigenvalue weighted by atomic mass is 16.5. The molecule has 0 spiro atoms. The standard InChI is InChI=1S/C29H28N4O4/c1-3-37-29(36)25-14-24(17-31-18-25)27(34)32-26-15-23(7-4-19(26)2)28(35)33-12-10-22(11-13-33)21-8-5-20(16-30)6-9-21/h4-9,14-15,17-18,22H,3,10-13H2,1-2H3,(H,32,34). The van der Waals surface area contributed by atoms with Crippen molar-refractivity contribution < 1.29 is 19.1 Å². The van der Waals surface area contributed by atoms with Crippen LogP contribution in [0.4, 0.5) is 5.69 Å².